The summed E-state index contributed by atoms with van der Waals surface area (Å²) in [4.78, 5) is 0. The fourth-order valence-corrected chi connectivity index (χ4v) is 4.96. The summed E-state index contributed by atoms with van der Waals surface area (Å²) in [6, 6.07) is 0. The Morgan fingerprint density at radius 2 is 2.08 bits per heavy atom. The van der Waals surface area contributed by atoms with Crippen molar-refractivity contribution in [2.24, 2.45) is 17.3 Å². The molecule has 0 aromatic carbocycles. The molecule has 2 saturated carbocycles. The van der Waals surface area contributed by atoms with E-state index in [0.717, 1.165) is 6.42 Å². The Kier molecular flexibility index (Phi) is 1.34. The Labute approximate surface area is 78.6 Å². The molecule has 74 valence electrons. The summed E-state index contributed by atoms with van der Waals surface area (Å²) in [5.41, 5.74) is 0.355. The summed E-state index contributed by atoms with van der Waals surface area (Å²) < 4.78 is 27.8. The molecule has 1 heterocycles. The zero-order valence-electron chi connectivity index (χ0n) is 7.69. The Morgan fingerprint density at radius 3 is 2.69 bits per heavy atom. The molecule has 3 aliphatic rings. The molecule has 3 nitrogen and oxygen atoms in total. The highest BCUT2D eigenvalue weighted by atomic mass is 32.2. The van der Waals surface area contributed by atoms with E-state index in [1.54, 1.807) is 0 Å². The van der Waals surface area contributed by atoms with Crippen LogP contribution in [0, 0.1) is 17.3 Å². The van der Waals surface area contributed by atoms with E-state index in [1.165, 1.54) is 12.8 Å². The largest absolute Gasteiger partial charge is 0.267 e. The Morgan fingerprint density at radius 1 is 1.38 bits per heavy atom. The molecule has 3 rings (SSSR count). The molecule has 1 spiro atoms. The lowest BCUT2D eigenvalue weighted by atomic mass is 9.88. The minimum Gasteiger partial charge on any atom is -0.266 e. The first kappa shape index (κ1) is 8.24. The van der Waals surface area contributed by atoms with Gasteiger partial charge in [-0.25, -0.2) is 0 Å². The van der Waals surface area contributed by atoms with Crippen molar-refractivity contribution in [1.82, 2.24) is 0 Å². The van der Waals surface area contributed by atoms with Crippen LogP contribution in [0.4, 0.5) is 0 Å². The molecule has 4 heteroatoms. The smallest absolute Gasteiger partial charge is 0.266 e. The highest BCUT2D eigenvalue weighted by Gasteiger charge is 2.64. The maximum atomic E-state index is 11.4. The maximum absolute atomic E-state index is 11.4. The second kappa shape index (κ2) is 2.11. The van der Waals surface area contributed by atoms with Crippen molar-refractivity contribution in [3.8, 4) is 0 Å². The van der Waals surface area contributed by atoms with Crippen LogP contribution in [0.3, 0.4) is 0 Å². The molecule has 0 aromatic rings. The van der Waals surface area contributed by atoms with E-state index in [9.17, 15) is 8.42 Å². The van der Waals surface area contributed by atoms with Crippen LogP contribution in [-0.2, 0) is 14.3 Å². The molecule has 3 atom stereocenters. The lowest BCUT2D eigenvalue weighted by Gasteiger charge is -2.20. The molecular weight excluding hydrogens is 188 g/mol. The molecular formula is C9H14O3S. The molecule has 3 unspecified atom stereocenters. The molecule has 0 aromatic heterocycles. The zero-order chi connectivity index (χ0) is 9.27. The summed E-state index contributed by atoms with van der Waals surface area (Å²) in [5.74, 6) is 1.12. The fraction of sp³-hybridized carbons (Fsp3) is 1.00. The number of hydrogen-bond donors (Lipinski definition) is 0. The van der Waals surface area contributed by atoms with Gasteiger partial charge in [-0.15, -0.1) is 0 Å². The topological polar surface area (TPSA) is 43.4 Å². The average molecular weight is 202 g/mol. The third kappa shape index (κ3) is 0.960. The molecule has 0 radical (unpaired) electrons. The zero-order valence-corrected chi connectivity index (χ0v) is 8.51. The van der Waals surface area contributed by atoms with Crippen LogP contribution < -0.4 is 0 Å². The molecule has 2 bridgehead atoms. The minimum absolute atomic E-state index is 0.00810. The van der Waals surface area contributed by atoms with Gasteiger partial charge in [0.05, 0.1) is 11.9 Å². The Balaban J connectivity index is 2.01. The van der Waals surface area contributed by atoms with E-state index in [1.807, 2.05) is 0 Å². The van der Waals surface area contributed by atoms with E-state index in [4.69, 9.17) is 4.18 Å². The van der Waals surface area contributed by atoms with Crippen LogP contribution in [0.15, 0.2) is 0 Å². The lowest BCUT2D eigenvalue weighted by Crippen LogP contribution is -2.28. The molecule has 1 aliphatic heterocycles. The number of hydrogen-bond acceptors (Lipinski definition) is 3. The van der Waals surface area contributed by atoms with Gasteiger partial charge in [0.1, 0.15) is 0 Å². The van der Waals surface area contributed by atoms with Crippen LogP contribution in [-0.4, -0.2) is 20.3 Å². The molecule has 0 N–H and O–H groups in total. The van der Waals surface area contributed by atoms with Gasteiger partial charge < -0.3 is 0 Å². The van der Waals surface area contributed by atoms with Crippen molar-refractivity contribution in [3.63, 3.8) is 0 Å². The fourth-order valence-electron chi connectivity index (χ4n) is 3.30. The van der Waals surface area contributed by atoms with E-state index in [-0.39, 0.29) is 11.9 Å². The predicted molar refractivity (Wildman–Crippen MR) is 47.6 cm³/mol. The predicted octanol–water partition coefficient (Wildman–Crippen LogP) is 1.15. The minimum atomic E-state index is -3.18. The van der Waals surface area contributed by atoms with Crippen LogP contribution in [0.5, 0.6) is 0 Å². The van der Waals surface area contributed by atoms with Gasteiger partial charge in [-0.05, 0) is 36.5 Å². The van der Waals surface area contributed by atoms with Crippen LogP contribution >= 0.6 is 0 Å². The summed E-state index contributed by atoms with van der Waals surface area (Å²) in [6.45, 7) is 2.15. The van der Waals surface area contributed by atoms with Gasteiger partial charge in [0.25, 0.3) is 10.1 Å². The third-order valence-corrected chi connectivity index (χ3v) is 5.65. The second-order valence-corrected chi connectivity index (χ2v) is 6.45. The molecule has 3 fully saturated rings. The summed E-state index contributed by atoms with van der Waals surface area (Å²) in [6.07, 6.45) is 3.40. The average Bonchev–Trinajstić information content (AvgIpc) is 2.76. The van der Waals surface area contributed by atoms with Crippen molar-refractivity contribution in [1.29, 1.82) is 0 Å². The van der Waals surface area contributed by atoms with Gasteiger partial charge in [-0.2, -0.15) is 8.42 Å². The first-order valence-electron chi connectivity index (χ1n) is 4.94. The highest BCUT2D eigenvalue weighted by molar-refractivity contribution is 7.86. The standard InChI is InChI=1S/C9H14O3S/c1-6-8-4-7(9(6)2-3-9)5-13(10,11)12-8/h6-8H,2-5H2,1H3. The van der Waals surface area contributed by atoms with Crippen LogP contribution in [0.1, 0.15) is 26.2 Å². The van der Waals surface area contributed by atoms with Crippen molar-refractivity contribution in [2.75, 3.05) is 5.75 Å². The Bertz CT molecular complexity index is 342. The molecule has 2 aliphatic carbocycles. The van der Waals surface area contributed by atoms with Crippen LogP contribution in [0.25, 0.3) is 0 Å². The van der Waals surface area contributed by atoms with Crippen LogP contribution in [0.2, 0.25) is 0 Å². The van der Waals surface area contributed by atoms with Gasteiger partial charge in [0.15, 0.2) is 0 Å². The van der Waals surface area contributed by atoms with E-state index >= 15 is 0 Å². The van der Waals surface area contributed by atoms with E-state index in [0.29, 0.717) is 17.3 Å². The molecule has 0 amide bonds. The van der Waals surface area contributed by atoms with Gasteiger partial charge in [-0.3, -0.25) is 4.18 Å². The highest BCUT2D eigenvalue weighted by Crippen LogP contribution is 2.66. The second-order valence-electron chi connectivity index (χ2n) is 4.81. The van der Waals surface area contributed by atoms with Crippen molar-refractivity contribution >= 4 is 10.1 Å². The number of rotatable bonds is 0. The van der Waals surface area contributed by atoms with E-state index in [2.05, 4.69) is 6.92 Å². The maximum Gasteiger partial charge on any atom is 0.267 e. The summed E-state index contributed by atoms with van der Waals surface area (Å²) in [7, 11) is -3.18. The Hall–Kier alpha value is -0.0900. The monoisotopic (exact) mass is 202 g/mol. The lowest BCUT2D eigenvalue weighted by molar-refractivity contribution is 0.155. The van der Waals surface area contributed by atoms with Gasteiger partial charge >= 0.3 is 0 Å². The summed E-state index contributed by atoms with van der Waals surface area (Å²) >= 11 is 0. The first-order chi connectivity index (χ1) is 6.04. The molecule has 13 heavy (non-hydrogen) atoms. The number of fused-ring (bicyclic) bond motifs is 3. The first-order valence-corrected chi connectivity index (χ1v) is 6.52. The van der Waals surface area contributed by atoms with Crippen molar-refractivity contribution in [3.05, 3.63) is 0 Å². The normalized spacial score (nSPS) is 49.5. The third-order valence-electron chi connectivity index (χ3n) is 4.30. The van der Waals surface area contributed by atoms with Crippen molar-refractivity contribution in [2.45, 2.75) is 32.3 Å². The van der Waals surface area contributed by atoms with Crippen molar-refractivity contribution < 1.29 is 12.6 Å². The van der Waals surface area contributed by atoms with E-state index < -0.39 is 10.1 Å². The quantitative estimate of drug-likeness (QED) is 0.553. The SMILES string of the molecule is CC1C2CC(CS(=O)(=O)O2)C12CC2. The van der Waals surface area contributed by atoms with Gasteiger partial charge in [0.2, 0.25) is 0 Å². The van der Waals surface area contributed by atoms with Gasteiger partial charge in [-0.1, -0.05) is 6.92 Å². The summed E-state index contributed by atoms with van der Waals surface area (Å²) in [5, 5.41) is 0. The molecule has 1 saturated heterocycles. The van der Waals surface area contributed by atoms with Gasteiger partial charge in [0, 0.05) is 0 Å².